The van der Waals surface area contributed by atoms with Gasteiger partial charge in [0.1, 0.15) is 6.61 Å². The van der Waals surface area contributed by atoms with E-state index in [9.17, 15) is 4.79 Å². The van der Waals surface area contributed by atoms with Gasteiger partial charge >= 0.3 is 5.97 Å². The molecule has 0 saturated carbocycles. The molecule has 0 spiro atoms. The minimum atomic E-state index is -0.302. The Morgan fingerprint density at radius 3 is 2.60 bits per heavy atom. The molecule has 0 radical (unpaired) electrons. The molecule has 4 rings (SSSR count). The zero-order chi connectivity index (χ0) is 21.3. The second kappa shape index (κ2) is 7.91. The number of aryl methyl sites for hydroxylation is 1. The van der Waals surface area contributed by atoms with Crippen molar-refractivity contribution in [1.29, 1.82) is 5.26 Å². The van der Waals surface area contributed by atoms with E-state index in [0.717, 1.165) is 47.0 Å². The van der Waals surface area contributed by atoms with Crippen LogP contribution in [0.5, 0.6) is 0 Å². The van der Waals surface area contributed by atoms with E-state index in [1.54, 1.807) is 12.1 Å². The fourth-order valence-electron chi connectivity index (χ4n) is 4.26. The highest BCUT2D eigenvalue weighted by atomic mass is 16.5. The Labute approximate surface area is 177 Å². The van der Waals surface area contributed by atoms with Crippen LogP contribution in [0.25, 0.3) is 10.9 Å². The van der Waals surface area contributed by atoms with E-state index in [-0.39, 0.29) is 18.0 Å². The van der Waals surface area contributed by atoms with Crippen LogP contribution in [0.15, 0.2) is 48.5 Å². The molecule has 30 heavy (non-hydrogen) atoms. The molecule has 0 amide bonds. The maximum Gasteiger partial charge on any atom is 0.339 e. The molecule has 1 aliphatic carbocycles. The summed E-state index contributed by atoms with van der Waals surface area (Å²) in [5.74, 6) is 0.196. The summed E-state index contributed by atoms with van der Waals surface area (Å²) < 4.78 is 5.73. The molecule has 0 fully saturated rings. The van der Waals surface area contributed by atoms with E-state index >= 15 is 0 Å². The van der Waals surface area contributed by atoms with Gasteiger partial charge in [-0.2, -0.15) is 5.26 Å². The van der Waals surface area contributed by atoms with Crippen molar-refractivity contribution < 1.29 is 9.53 Å². The molecule has 0 unspecified atom stereocenters. The summed E-state index contributed by atoms with van der Waals surface area (Å²) >= 11 is 0. The number of aromatic nitrogens is 1. The smallest absolute Gasteiger partial charge is 0.339 e. The van der Waals surface area contributed by atoms with Gasteiger partial charge in [-0.05, 0) is 59.9 Å². The zero-order valence-corrected chi connectivity index (χ0v) is 17.7. The maximum absolute atomic E-state index is 13.3. The van der Waals surface area contributed by atoms with Crippen LogP contribution >= 0.6 is 0 Å². The highest BCUT2D eigenvalue weighted by Gasteiger charge is 2.33. The predicted octanol–water partition coefficient (Wildman–Crippen LogP) is 5.61. The molecule has 1 aromatic heterocycles. The van der Waals surface area contributed by atoms with Crippen molar-refractivity contribution in [2.75, 3.05) is 0 Å². The highest BCUT2D eigenvalue weighted by molar-refractivity contribution is 6.05. The largest absolute Gasteiger partial charge is 0.457 e. The third kappa shape index (κ3) is 3.93. The first-order chi connectivity index (χ1) is 14.4. The fourth-order valence-corrected chi connectivity index (χ4v) is 4.26. The Bertz CT molecular complexity index is 1130. The zero-order valence-electron chi connectivity index (χ0n) is 17.7. The lowest BCUT2D eigenvalue weighted by Crippen LogP contribution is -2.29. The van der Waals surface area contributed by atoms with Crippen LogP contribution in [0.1, 0.15) is 59.9 Å². The number of para-hydroxylation sites is 1. The number of rotatable bonds is 3. The number of fused-ring (bicyclic) bond motifs is 2. The lowest BCUT2D eigenvalue weighted by atomic mass is 9.70. The quantitative estimate of drug-likeness (QED) is 0.538. The van der Waals surface area contributed by atoms with Gasteiger partial charge in [0.2, 0.25) is 0 Å². The van der Waals surface area contributed by atoms with Crippen LogP contribution in [0.4, 0.5) is 0 Å². The van der Waals surface area contributed by atoms with Crippen molar-refractivity contribution in [2.24, 2.45) is 11.3 Å². The van der Waals surface area contributed by atoms with Crippen molar-refractivity contribution in [1.82, 2.24) is 4.98 Å². The SMILES string of the molecule is CC(C)(C)[C@H]1CCc2nc3ccccc3c(C(=O)OCc3ccc(C#N)cc3)c2C1. The lowest BCUT2D eigenvalue weighted by Gasteiger charge is -2.35. The summed E-state index contributed by atoms with van der Waals surface area (Å²) in [6, 6.07) is 17.0. The number of benzene rings is 2. The molecule has 1 atom stereocenters. The summed E-state index contributed by atoms with van der Waals surface area (Å²) in [7, 11) is 0. The number of hydrogen-bond donors (Lipinski definition) is 0. The topological polar surface area (TPSA) is 63.0 Å². The third-order valence-electron chi connectivity index (χ3n) is 6.14. The molecular formula is C26H26N2O2. The van der Waals surface area contributed by atoms with E-state index in [4.69, 9.17) is 15.0 Å². The van der Waals surface area contributed by atoms with Crippen LogP contribution < -0.4 is 0 Å². The molecule has 152 valence electrons. The Morgan fingerprint density at radius 2 is 1.90 bits per heavy atom. The fraction of sp³-hybridized carbons (Fsp3) is 0.346. The maximum atomic E-state index is 13.3. The first-order valence-electron chi connectivity index (χ1n) is 10.4. The van der Waals surface area contributed by atoms with Crippen molar-refractivity contribution in [3.05, 3.63) is 76.5 Å². The summed E-state index contributed by atoms with van der Waals surface area (Å²) in [5, 5.41) is 9.80. The number of carbonyl (C=O) groups is 1. The van der Waals surface area contributed by atoms with Crippen LogP contribution in [0.2, 0.25) is 0 Å². The molecule has 4 heteroatoms. The van der Waals surface area contributed by atoms with Crippen LogP contribution in [-0.2, 0) is 24.2 Å². The summed E-state index contributed by atoms with van der Waals surface area (Å²) in [4.78, 5) is 18.2. The number of nitriles is 1. The molecular weight excluding hydrogens is 372 g/mol. The van der Waals surface area contributed by atoms with E-state index in [2.05, 4.69) is 26.8 Å². The van der Waals surface area contributed by atoms with Crippen molar-refractivity contribution in [2.45, 2.75) is 46.6 Å². The number of carbonyl (C=O) groups excluding carboxylic acids is 1. The van der Waals surface area contributed by atoms with Gasteiger partial charge in [-0.15, -0.1) is 0 Å². The Morgan fingerprint density at radius 1 is 1.17 bits per heavy atom. The number of pyridine rings is 1. The number of hydrogen-bond acceptors (Lipinski definition) is 4. The number of esters is 1. The Balaban J connectivity index is 1.69. The molecule has 1 heterocycles. The summed E-state index contributed by atoms with van der Waals surface area (Å²) in [6.07, 6.45) is 2.82. The Hall–Kier alpha value is -3.19. The van der Waals surface area contributed by atoms with Crippen LogP contribution in [-0.4, -0.2) is 11.0 Å². The molecule has 1 aliphatic rings. The first-order valence-corrected chi connectivity index (χ1v) is 10.4. The third-order valence-corrected chi connectivity index (χ3v) is 6.14. The van der Waals surface area contributed by atoms with Crippen LogP contribution in [0.3, 0.4) is 0 Å². The van der Waals surface area contributed by atoms with Gasteiger partial charge in [0.05, 0.1) is 22.7 Å². The number of nitrogens with zero attached hydrogens (tertiary/aromatic N) is 2. The van der Waals surface area contributed by atoms with Gasteiger partial charge in [0.15, 0.2) is 0 Å². The van der Waals surface area contributed by atoms with Crippen LogP contribution in [0, 0.1) is 22.7 Å². The molecule has 0 saturated heterocycles. The highest BCUT2D eigenvalue weighted by Crippen LogP contribution is 2.39. The lowest BCUT2D eigenvalue weighted by molar-refractivity contribution is 0.0472. The normalized spacial score (nSPS) is 16.0. The second-order valence-corrected chi connectivity index (χ2v) is 9.12. The molecule has 0 bridgehead atoms. The summed E-state index contributed by atoms with van der Waals surface area (Å²) in [6.45, 7) is 6.97. The van der Waals surface area contributed by atoms with Gasteiger partial charge in [-0.3, -0.25) is 4.98 Å². The minimum absolute atomic E-state index is 0.174. The monoisotopic (exact) mass is 398 g/mol. The van der Waals surface area contributed by atoms with Crippen molar-refractivity contribution >= 4 is 16.9 Å². The van der Waals surface area contributed by atoms with E-state index in [1.807, 2.05) is 36.4 Å². The number of ether oxygens (including phenoxy) is 1. The predicted molar refractivity (Wildman–Crippen MR) is 117 cm³/mol. The van der Waals surface area contributed by atoms with Gasteiger partial charge in [-0.1, -0.05) is 51.1 Å². The average molecular weight is 399 g/mol. The van der Waals surface area contributed by atoms with Gasteiger partial charge in [0, 0.05) is 11.1 Å². The summed E-state index contributed by atoms with van der Waals surface area (Å²) in [5.41, 5.74) is 5.21. The first kappa shape index (κ1) is 20.1. The van der Waals surface area contributed by atoms with Crippen molar-refractivity contribution in [3.63, 3.8) is 0 Å². The standard InChI is InChI=1S/C26H26N2O2/c1-26(2,3)19-12-13-23-21(14-19)24(20-6-4-5-7-22(20)28-23)25(29)30-16-18-10-8-17(15-27)9-11-18/h4-11,19H,12-14,16H2,1-3H3/t19-/m0/s1. The molecule has 0 N–H and O–H groups in total. The molecule has 2 aromatic carbocycles. The molecule has 4 nitrogen and oxygen atoms in total. The molecule has 3 aromatic rings. The minimum Gasteiger partial charge on any atom is -0.457 e. The van der Waals surface area contributed by atoms with Gasteiger partial charge < -0.3 is 4.74 Å². The second-order valence-electron chi connectivity index (χ2n) is 9.12. The Kier molecular flexibility index (Phi) is 5.30. The van der Waals surface area contributed by atoms with Gasteiger partial charge in [0.25, 0.3) is 0 Å². The van der Waals surface area contributed by atoms with Crippen molar-refractivity contribution in [3.8, 4) is 6.07 Å². The van der Waals surface area contributed by atoms with E-state index < -0.39 is 0 Å². The van der Waals surface area contributed by atoms with Gasteiger partial charge in [-0.25, -0.2) is 4.79 Å². The molecule has 0 aliphatic heterocycles. The van der Waals surface area contributed by atoms with E-state index in [1.165, 1.54) is 0 Å². The van der Waals surface area contributed by atoms with E-state index in [0.29, 0.717) is 17.0 Å². The average Bonchev–Trinajstić information content (AvgIpc) is 2.75.